The highest BCUT2D eigenvalue weighted by Crippen LogP contribution is 2.29. The molecule has 2 rings (SSSR count). The quantitative estimate of drug-likeness (QED) is 0.636. The second kappa shape index (κ2) is 6.24. The zero-order valence-electron chi connectivity index (χ0n) is 10.9. The minimum absolute atomic E-state index is 0.0610. The van der Waals surface area contributed by atoms with Gasteiger partial charge in [0.15, 0.2) is 0 Å². The van der Waals surface area contributed by atoms with Crippen LogP contribution in [0.5, 0.6) is 0 Å². The van der Waals surface area contributed by atoms with Gasteiger partial charge in [0, 0.05) is 15.6 Å². The van der Waals surface area contributed by atoms with Gasteiger partial charge in [-0.15, -0.1) is 0 Å². The zero-order chi connectivity index (χ0) is 15.6. The van der Waals surface area contributed by atoms with E-state index in [1.165, 1.54) is 18.2 Å². The molecule has 7 heteroatoms. The fraction of sp³-hybridized carbons (Fsp3) is 0.0714. The molecule has 0 unspecified atom stereocenters. The van der Waals surface area contributed by atoms with Gasteiger partial charge < -0.3 is 5.32 Å². The van der Waals surface area contributed by atoms with Crippen LogP contribution in [-0.4, -0.2) is 10.8 Å². The van der Waals surface area contributed by atoms with Crippen molar-refractivity contribution in [2.24, 2.45) is 0 Å². The number of carbonyl (C=O) groups is 1. The van der Waals surface area contributed by atoms with Crippen molar-refractivity contribution in [3.8, 4) is 0 Å². The first-order valence-corrected chi connectivity index (χ1v) is 7.07. The van der Waals surface area contributed by atoms with E-state index in [0.29, 0.717) is 15.1 Å². The lowest BCUT2D eigenvalue weighted by Crippen LogP contribution is -2.14. The molecule has 0 aliphatic heterocycles. The van der Waals surface area contributed by atoms with E-state index in [2.05, 4.69) is 21.2 Å². The lowest BCUT2D eigenvalue weighted by atomic mass is 10.1. The Labute approximate surface area is 134 Å². The fourth-order valence-electron chi connectivity index (χ4n) is 1.78. The molecule has 0 spiro atoms. The van der Waals surface area contributed by atoms with Gasteiger partial charge in [0.1, 0.15) is 5.69 Å². The van der Waals surface area contributed by atoms with Gasteiger partial charge in [-0.05, 0) is 46.6 Å². The Morgan fingerprint density at radius 2 is 2.05 bits per heavy atom. The van der Waals surface area contributed by atoms with Crippen LogP contribution >= 0.6 is 27.5 Å². The van der Waals surface area contributed by atoms with Gasteiger partial charge in [-0.2, -0.15) is 0 Å². The Bertz CT molecular complexity index is 734. The van der Waals surface area contributed by atoms with Gasteiger partial charge in [0.25, 0.3) is 11.6 Å². The van der Waals surface area contributed by atoms with Crippen LogP contribution in [0.25, 0.3) is 0 Å². The molecule has 2 aromatic rings. The summed E-state index contributed by atoms with van der Waals surface area (Å²) in [7, 11) is 0. The van der Waals surface area contributed by atoms with Gasteiger partial charge in [0.2, 0.25) is 0 Å². The van der Waals surface area contributed by atoms with E-state index in [4.69, 9.17) is 11.6 Å². The number of nitrogens with zero attached hydrogens (tertiary/aromatic N) is 1. The molecular formula is C14H10BrClN2O3. The maximum absolute atomic E-state index is 12.3. The van der Waals surface area contributed by atoms with Crippen LogP contribution in [0, 0.1) is 17.0 Å². The number of carbonyl (C=O) groups excluding carboxylic acids is 1. The van der Waals surface area contributed by atoms with Crippen molar-refractivity contribution in [3.63, 3.8) is 0 Å². The molecular weight excluding hydrogens is 360 g/mol. The lowest BCUT2D eigenvalue weighted by Gasteiger charge is -2.09. The third-order valence-electron chi connectivity index (χ3n) is 2.84. The van der Waals surface area contributed by atoms with Gasteiger partial charge in [0.05, 0.1) is 10.5 Å². The first kappa shape index (κ1) is 15.5. The fourth-order valence-corrected chi connectivity index (χ4v) is 2.40. The van der Waals surface area contributed by atoms with Crippen molar-refractivity contribution in [2.75, 3.05) is 5.32 Å². The largest absolute Gasteiger partial charge is 0.316 e. The van der Waals surface area contributed by atoms with Crippen molar-refractivity contribution >= 4 is 44.8 Å². The van der Waals surface area contributed by atoms with E-state index in [-0.39, 0.29) is 11.4 Å². The van der Waals surface area contributed by atoms with Crippen LogP contribution in [0.3, 0.4) is 0 Å². The summed E-state index contributed by atoms with van der Waals surface area (Å²) in [4.78, 5) is 22.7. The average molecular weight is 370 g/mol. The van der Waals surface area contributed by atoms with Gasteiger partial charge >= 0.3 is 0 Å². The van der Waals surface area contributed by atoms with E-state index in [1.807, 2.05) is 13.0 Å². The number of nitro groups is 1. The van der Waals surface area contributed by atoms with E-state index < -0.39 is 10.8 Å². The van der Waals surface area contributed by atoms with E-state index in [1.54, 1.807) is 12.1 Å². The molecule has 0 saturated heterocycles. The number of halogens is 2. The Hall–Kier alpha value is -1.92. The first-order valence-electron chi connectivity index (χ1n) is 5.90. The summed E-state index contributed by atoms with van der Waals surface area (Å²) in [5.41, 5.74) is 1.13. The average Bonchev–Trinajstić information content (AvgIpc) is 2.41. The Morgan fingerprint density at radius 3 is 2.71 bits per heavy atom. The summed E-state index contributed by atoms with van der Waals surface area (Å²) in [6, 6.07) is 9.22. The van der Waals surface area contributed by atoms with Crippen molar-refractivity contribution in [2.45, 2.75) is 6.92 Å². The van der Waals surface area contributed by atoms with Crippen LogP contribution in [0.2, 0.25) is 5.02 Å². The molecule has 0 aliphatic carbocycles. The van der Waals surface area contributed by atoms with Gasteiger partial charge in [-0.25, -0.2) is 0 Å². The first-order chi connectivity index (χ1) is 9.90. The van der Waals surface area contributed by atoms with Crippen molar-refractivity contribution in [1.82, 2.24) is 0 Å². The summed E-state index contributed by atoms with van der Waals surface area (Å²) in [6.07, 6.45) is 0. The van der Waals surface area contributed by atoms with Crippen molar-refractivity contribution < 1.29 is 9.72 Å². The lowest BCUT2D eigenvalue weighted by molar-refractivity contribution is -0.383. The topological polar surface area (TPSA) is 72.2 Å². The Morgan fingerprint density at radius 1 is 1.33 bits per heavy atom. The predicted molar refractivity (Wildman–Crippen MR) is 84.9 cm³/mol. The van der Waals surface area contributed by atoms with E-state index >= 15 is 0 Å². The maximum atomic E-state index is 12.3. The summed E-state index contributed by atoms with van der Waals surface area (Å²) in [5.74, 6) is -0.448. The molecule has 0 atom stereocenters. The monoisotopic (exact) mass is 368 g/mol. The molecule has 0 fully saturated rings. The number of nitrogens with one attached hydrogen (secondary N) is 1. The van der Waals surface area contributed by atoms with Crippen molar-refractivity contribution in [3.05, 3.63) is 67.1 Å². The summed E-state index contributed by atoms with van der Waals surface area (Å²) in [5, 5.41) is 13.8. The molecule has 0 bridgehead atoms. The number of hydrogen-bond acceptors (Lipinski definition) is 3. The normalized spacial score (nSPS) is 10.2. The summed E-state index contributed by atoms with van der Waals surface area (Å²) < 4.78 is 0.646. The molecule has 0 saturated carbocycles. The molecule has 5 nitrogen and oxygen atoms in total. The van der Waals surface area contributed by atoms with Crippen molar-refractivity contribution in [1.29, 1.82) is 0 Å². The molecule has 1 amide bonds. The molecule has 21 heavy (non-hydrogen) atoms. The van der Waals surface area contributed by atoms with Crippen LogP contribution in [-0.2, 0) is 0 Å². The van der Waals surface area contributed by atoms with Crippen LogP contribution in [0.15, 0.2) is 40.9 Å². The number of benzene rings is 2. The van der Waals surface area contributed by atoms with Crippen LogP contribution < -0.4 is 5.32 Å². The summed E-state index contributed by atoms with van der Waals surface area (Å²) >= 11 is 9.16. The standard InChI is InChI=1S/C14H10BrClN2O3/c1-8-3-2-4-10(13(8)15)14(19)17-11-7-9(16)5-6-12(11)18(20)21/h2-7H,1H3,(H,17,19). The molecule has 1 N–H and O–H groups in total. The third-order valence-corrected chi connectivity index (χ3v) is 4.13. The van der Waals surface area contributed by atoms with Crippen LogP contribution in [0.4, 0.5) is 11.4 Å². The maximum Gasteiger partial charge on any atom is 0.292 e. The SMILES string of the molecule is Cc1cccc(C(=O)Nc2cc(Cl)ccc2[N+](=O)[O-])c1Br. The van der Waals surface area contributed by atoms with Gasteiger partial charge in [-0.3, -0.25) is 14.9 Å². The number of amides is 1. The highest BCUT2D eigenvalue weighted by molar-refractivity contribution is 9.10. The zero-order valence-corrected chi connectivity index (χ0v) is 13.2. The van der Waals surface area contributed by atoms with Gasteiger partial charge in [-0.1, -0.05) is 23.7 Å². The molecule has 0 heterocycles. The Kier molecular flexibility index (Phi) is 4.59. The van der Waals surface area contributed by atoms with E-state index in [9.17, 15) is 14.9 Å². The number of anilines is 1. The molecule has 108 valence electrons. The minimum atomic E-state index is -0.572. The molecule has 0 aromatic heterocycles. The Balaban J connectivity index is 2.38. The summed E-state index contributed by atoms with van der Waals surface area (Å²) in [6.45, 7) is 1.85. The molecule has 2 aromatic carbocycles. The highest BCUT2D eigenvalue weighted by Gasteiger charge is 2.18. The van der Waals surface area contributed by atoms with Crippen LogP contribution in [0.1, 0.15) is 15.9 Å². The second-order valence-electron chi connectivity index (χ2n) is 4.31. The minimum Gasteiger partial charge on any atom is -0.316 e. The predicted octanol–water partition coefficient (Wildman–Crippen LogP) is 4.57. The third kappa shape index (κ3) is 3.40. The second-order valence-corrected chi connectivity index (χ2v) is 5.54. The number of hydrogen-bond donors (Lipinski definition) is 1. The highest BCUT2D eigenvalue weighted by atomic mass is 79.9. The number of nitro benzene ring substituents is 1. The smallest absolute Gasteiger partial charge is 0.292 e. The number of aryl methyl sites for hydroxylation is 1. The molecule has 0 aliphatic rings. The molecule has 0 radical (unpaired) electrons. The number of rotatable bonds is 3. The van der Waals surface area contributed by atoms with E-state index in [0.717, 1.165) is 5.56 Å².